The maximum atomic E-state index is 13.7. The highest BCUT2D eigenvalue weighted by Gasteiger charge is 2.57. The van der Waals surface area contributed by atoms with E-state index in [0.717, 1.165) is 44.9 Å². The Bertz CT molecular complexity index is 1230. The number of nitrogens with zero attached hydrogens (tertiary/aromatic N) is 2. The molecule has 0 aromatic heterocycles. The highest BCUT2D eigenvalue weighted by molar-refractivity contribution is 7.90. The van der Waals surface area contributed by atoms with Crippen LogP contribution in [0.15, 0.2) is 12.1 Å². The molecule has 1 spiro atoms. The van der Waals surface area contributed by atoms with Crippen molar-refractivity contribution in [3.8, 4) is 0 Å². The molecule has 37 heavy (non-hydrogen) atoms. The molecule has 2 amide bonds. The number of benzene rings is 1. The standard InChI is InChI=1S/C25H31Cl3N4O4S/c26-17-5-18(27)23(19(28)6-17)32-13-24(1-2-24)12-31(37(32,35)36)11-21(34)30-22-15-3-14-4-16(22)9-25(7-14,8-15)10-20(29)33/h5-6,14-16,22H,1-4,7-13H2,(H2,29,33)(H,30,34). The second-order valence-electron chi connectivity index (χ2n) is 12.2. The van der Waals surface area contributed by atoms with Crippen LogP contribution in [0.4, 0.5) is 5.69 Å². The van der Waals surface area contributed by atoms with E-state index in [-0.39, 0.29) is 57.5 Å². The van der Waals surface area contributed by atoms with Gasteiger partial charge in [0.25, 0.3) is 0 Å². The number of anilines is 1. The molecule has 0 radical (unpaired) electrons. The minimum absolute atomic E-state index is 0.00342. The number of carbonyl (C=O) groups is 2. The van der Waals surface area contributed by atoms with Crippen LogP contribution in [0.25, 0.3) is 0 Å². The number of hydrogen-bond donors (Lipinski definition) is 2. The summed E-state index contributed by atoms with van der Waals surface area (Å²) >= 11 is 18.9. The Morgan fingerprint density at radius 1 is 1.03 bits per heavy atom. The van der Waals surface area contributed by atoms with E-state index in [0.29, 0.717) is 35.7 Å². The molecule has 4 bridgehead atoms. The summed E-state index contributed by atoms with van der Waals surface area (Å²) in [6.45, 7) is 0.309. The van der Waals surface area contributed by atoms with Crippen molar-refractivity contribution in [1.29, 1.82) is 0 Å². The van der Waals surface area contributed by atoms with Gasteiger partial charge in [-0.05, 0) is 80.2 Å². The molecule has 6 aliphatic rings. The van der Waals surface area contributed by atoms with Crippen LogP contribution in [-0.4, -0.2) is 50.2 Å². The van der Waals surface area contributed by atoms with E-state index in [4.69, 9.17) is 40.5 Å². The predicted molar refractivity (Wildman–Crippen MR) is 143 cm³/mol. The average Bonchev–Trinajstić information content (AvgIpc) is 3.51. The van der Waals surface area contributed by atoms with Crippen molar-refractivity contribution in [2.75, 3.05) is 23.9 Å². The molecule has 1 aromatic carbocycles. The number of nitrogens with one attached hydrogen (secondary N) is 1. The highest BCUT2D eigenvalue weighted by Crippen LogP contribution is 2.61. The van der Waals surface area contributed by atoms with Gasteiger partial charge in [-0.3, -0.25) is 13.9 Å². The van der Waals surface area contributed by atoms with Gasteiger partial charge in [0.05, 0.1) is 22.3 Å². The first-order chi connectivity index (χ1) is 17.4. The summed E-state index contributed by atoms with van der Waals surface area (Å²) < 4.78 is 29.9. The molecule has 5 saturated carbocycles. The summed E-state index contributed by atoms with van der Waals surface area (Å²) in [4.78, 5) is 25.1. The maximum Gasteiger partial charge on any atom is 0.304 e. The van der Waals surface area contributed by atoms with E-state index in [1.807, 2.05) is 0 Å². The summed E-state index contributed by atoms with van der Waals surface area (Å²) in [7, 11) is -4.04. The van der Waals surface area contributed by atoms with Gasteiger partial charge in [0, 0.05) is 36.0 Å². The zero-order valence-corrected chi connectivity index (χ0v) is 23.5. The number of carbonyl (C=O) groups excluding carboxylic acids is 2. The second-order valence-corrected chi connectivity index (χ2v) is 15.3. The van der Waals surface area contributed by atoms with Crippen LogP contribution in [0.3, 0.4) is 0 Å². The van der Waals surface area contributed by atoms with Gasteiger partial charge >= 0.3 is 10.2 Å². The largest absolute Gasteiger partial charge is 0.370 e. The fraction of sp³-hybridized carbons (Fsp3) is 0.680. The Labute approximate surface area is 232 Å². The topological polar surface area (TPSA) is 113 Å². The molecule has 202 valence electrons. The molecule has 8 nitrogen and oxygen atoms in total. The summed E-state index contributed by atoms with van der Waals surface area (Å²) in [6, 6.07) is 2.95. The van der Waals surface area contributed by atoms with Crippen LogP contribution in [0.2, 0.25) is 15.1 Å². The second kappa shape index (κ2) is 8.88. The van der Waals surface area contributed by atoms with E-state index in [2.05, 4.69) is 5.32 Å². The first-order valence-electron chi connectivity index (χ1n) is 12.9. The van der Waals surface area contributed by atoms with Crippen molar-refractivity contribution in [2.45, 2.75) is 57.4 Å². The van der Waals surface area contributed by atoms with Crippen molar-refractivity contribution in [2.24, 2.45) is 34.3 Å². The van der Waals surface area contributed by atoms with Crippen molar-refractivity contribution < 1.29 is 18.0 Å². The molecular formula is C25H31Cl3N4O4S. The van der Waals surface area contributed by atoms with Crippen molar-refractivity contribution >= 4 is 62.5 Å². The van der Waals surface area contributed by atoms with Gasteiger partial charge in [-0.25, -0.2) is 0 Å². The Morgan fingerprint density at radius 2 is 1.65 bits per heavy atom. The lowest BCUT2D eigenvalue weighted by Gasteiger charge is -2.60. The van der Waals surface area contributed by atoms with Gasteiger partial charge in [0.1, 0.15) is 0 Å². The SMILES string of the molecule is NC(=O)CC12CC3CC(C1)C(NC(=O)CN1CC4(CC4)CN(c4c(Cl)cc(Cl)cc4Cl)S1(=O)=O)C(C3)C2. The number of hydrogen-bond acceptors (Lipinski definition) is 4. The Hall–Kier alpha value is -1.26. The summed E-state index contributed by atoms with van der Waals surface area (Å²) in [5.74, 6) is 0.619. The number of primary amides is 1. The first kappa shape index (κ1) is 26.0. The minimum atomic E-state index is -4.04. The molecule has 6 fully saturated rings. The molecule has 1 heterocycles. The lowest BCUT2D eigenvalue weighted by molar-refractivity contribution is -0.134. The lowest BCUT2D eigenvalue weighted by Crippen LogP contribution is -2.62. The Kier molecular flexibility index (Phi) is 6.24. The molecule has 2 unspecified atom stereocenters. The zero-order valence-electron chi connectivity index (χ0n) is 20.4. The average molecular weight is 590 g/mol. The minimum Gasteiger partial charge on any atom is -0.370 e. The number of nitrogens with two attached hydrogens (primary N) is 1. The highest BCUT2D eigenvalue weighted by atomic mass is 35.5. The smallest absolute Gasteiger partial charge is 0.304 e. The van der Waals surface area contributed by atoms with Crippen LogP contribution in [-0.2, 0) is 19.8 Å². The van der Waals surface area contributed by atoms with Crippen molar-refractivity contribution in [1.82, 2.24) is 9.62 Å². The van der Waals surface area contributed by atoms with Gasteiger partial charge in [0.15, 0.2) is 0 Å². The molecule has 1 aliphatic heterocycles. The molecule has 7 rings (SSSR count). The normalized spacial score (nSPS) is 35.1. The van der Waals surface area contributed by atoms with Gasteiger partial charge in [-0.15, -0.1) is 0 Å². The summed E-state index contributed by atoms with van der Waals surface area (Å²) in [6.07, 6.45) is 7.05. The van der Waals surface area contributed by atoms with Crippen molar-refractivity contribution in [3.63, 3.8) is 0 Å². The molecule has 1 aromatic rings. The van der Waals surface area contributed by atoms with E-state index in [1.54, 1.807) is 0 Å². The molecule has 5 aliphatic carbocycles. The third kappa shape index (κ3) is 4.62. The fourth-order valence-corrected chi connectivity index (χ4v) is 11.0. The molecule has 1 saturated heterocycles. The van der Waals surface area contributed by atoms with E-state index in [9.17, 15) is 18.0 Å². The molecule has 2 atom stereocenters. The van der Waals surface area contributed by atoms with Gasteiger partial charge in [-0.1, -0.05) is 34.8 Å². The van der Waals surface area contributed by atoms with Crippen molar-refractivity contribution in [3.05, 3.63) is 27.2 Å². The summed E-state index contributed by atoms with van der Waals surface area (Å²) in [5, 5.41) is 3.83. The third-order valence-corrected chi connectivity index (χ3v) is 12.0. The number of amides is 2. The monoisotopic (exact) mass is 588 g/mol. The zero-order chi connectivity index (χ0) is 26.3. The predicted octanol–water partition coefficient (Wildman–Crippen LogP) is 3.98. The van der Waals surface area contributed by atoms with Gasteiger partial charge in [0.2, 0.25) is 11.8 Å². The fourth-order valence-electron chi connectivity index (χ4n) is 8.04. The van der Waals surface area contributed by atoms with E-state index in [1.165, 1.54) is 20.7 Å². The maximum absolute atomic E-state index is 13.7. The van der Waals surface area contributed by atoms with Crippen LogP contribution in [0.1, 0.15) is 51.4 Å². The van der Waals surface area contributed by atoms with Crippen LogP contribution < -0.4 is 15.4 Å². The molecular weight excluding hydrogens is 559 g/mol. The van der Waals surface area contributed by atoms with Gasteiger partial charge in [-0.2, -0.15) is 12.7 Å². The molecule has 12 heteroatoms. The Balaban J connectivity index is 1.20. The summed E-state index contributed by atoms with van der Waals surface area (Å²) in [5.41, 5.74) is 5.51. The van der Waals surface area contributed by atoms with E-state index < -0.39 is 10.2 Å². The number of rotatable bonds is 6. The van der Waals surface area contributed by atoms with Crippen LogP contribution in [0, 0.1) is 28.6 Å². The quantitative estimate of drug-likeness (QED) is 0.523. The lowest BCUT2D eigenvalue weighted by atomic mass is 9.47. The van der Waals surface area contributed by atoms with E-state index >= 15 is 0 Å². The van der Waals surface area contributed by atoms with Crippen LogP contribution in [0.5, 0.6) is 0 Å². The third-order valence-electron chi connectivity index (χ3n) is 9.38. The molecule has 3 N–H and O–H groups in total. The van der Waals surface area contributed by atoms with Gasteiger partial charge < -0.3 is 11.1 Å². The first-order valence-corrected chi connectivity index (χ1v) is 15.4. The number of halogens is 3. The Morgan fingerprint density at radius 3 is 2.22 bits per heavy atom. The van der Waals surface area contributed by atoms with Crippen LogP contribution >= 0.6 is 34.8 Å².